The third-order valence-corrected chi connectivity index (χ3v) is 19.1. The van der Waals surface area contributed by atoms with Crippen LogP contribution >= 0.6 is 23.4 Å². The molecule has 0 bridgehead atoms. The first kappa shape index (κ1) is 52.6. The van der Waals surface area contributed by atoms with E-state index in [1.54, 1.807) is 24.3 Å². The van der Waals surface area contributed by atoms with Gasteiger partial charge in [-0.3, -0.25) is 4.72 Å². The van der Waals surface area contributed by atoms with Gasteiger partial charge in [0, 0.05) is 109 Å². The highest BCUT2D eigenvalue weighted by molar-refractivity contribution is 7.99. The number of aromatic nitrogens is 1. The van der Waals surface area contributed by atoms with E-state index in [0.29, 0.717) is 105 Å². The molecule has 13 nitrogen and oxygen atoms in total. The Hall–Kier alpha value is -5.22. The van der Waals surface area contributed by atoms with Crippen LogP contribution in [0.2, 0.25) is 5.02 Å². The van der Waals surface area contributed by atoms with E-state index in [0.717, 1.165) is 57.3 Å². The van der Waals surface area contributed by atoms with E-state index in [9.17, 15) is 43.5 Å². The van der Waals surface area contributed by atoms with Crippen molar-refractivity contribution in [2.24, 2.45) is 0 Å². The predicted octanol–water partition coefficient (Wildman–Crippen LogP) is 9.67. The summed E-state index contributed by atoms with van der Waals surface area (Å²) in [4.78, 5) is 5.92. The van der Waals surface area contributed by atoms with Crippen LogP contribution in [-0.4, -0.2) is 115 Å². The van der Waals surface area contributed by atoms with Gasteiger partial charge in [0.15, 0.2) is 9.84 Å². The van der Waals surface area contributed by atoms with Crippen molar-refractivity contribution >= 4 is 75.8 Å². The minimum Gasteiger partial charge on any atom is -0.393 e. The Kier molecular flexibility index (Phi) is 15.5. The SMILES string of the molecule is CS(=O)(=O)c1c(-c2cccc(N3CCN(c4ccc(NS(=O)(=O)c5ccc(N[C@H](CCN6CCC(O)CC6)CSc6ccccc6)c(S(=O)(=O)C(F)(F)F)c5)cc4)CC3)c2)c(-c2ccc(Cl)cc2)n2c1CCC2. The average molecular weight is 1100 g/mol. The van der Waals surface area contributed by atoms with Crippen molar-refractivity contribution in [2.45, 2.75) is 75.9 Å². The average Bonchev–Trinajstić information content (AvgIpc) is 3.97. The summed E-state index contributed by atoms with van der Waals surface area (Å²) in [7, 11) is -14.2. The molecular weight excluding hydrogens is 1040 g/mol. The van der Waals surface area contributed by atoms with Gasteiger partial charge in [0.05, 0.1) is 27.3 Å². The van der Waals surface area contributed by atoms with Gasteiger partial charge in [0.25, 0.3) is 19.9 Å². The summed E-state index contributed by atoms with van der Waals surface area (Å²) in [6.07, 6.45) is 4.01. The van der Waals surface area contributed by atoms with Crippen LogP contribution in [0.25, 0.3) is 22.4 Å². The normalized spacial score (nSPS) is 16.6. The molecule has 3 aliphatic heterocycles. The number of likely N-dealkylation sites (tertiary alicyclic amines) is 1. The van der Waals surface area contributed by atoms with Gasteiger partial charge in [-0.2, -0.15) is 13.2 Å². The number of piperidine rings is 1. The van der Waals surface area contributed by atoms with Gasteiger partial charge in [-0.1, -0.05) is 54.1 Å². The Labute approximate surface area is 434 Å². The predicted molar refractivity (Wildman–Crippen MR) is 284 cm³/mol. The number of nitrogens with one attached hydrogen (secondary N) is 2. The number of piperazine rings is 1. The molecule has 0 amide bonds. The molecule has 4 heterocycles. The lowest BCUT2D eigenvalue weighted by Crippen LogP contribution is -2.46. The van der Waals surface area contributed by atoms with Crippen LogP contribution in [0.1, 0.15) is 31.4 Å². The zero-order valence-corrected chi connectivity index (χ0v) is 44.0. The molecule has 3 N–H and O–H groups in total. The van der Waals surface area contributed by atoms with Gasteiger partial charge in [-0.05, 0) is 122 Å². The standard InChI is InChI=1S/C52H56ClF3N6O7S4/c1-71(64,65)51-47-11-6-25-62(47)50(36-12-14-38(53)15-13-36)49(51)37-7-5-8-42(33-37)61-31-29-60(30-32-61)41-18-16-39(17-19-41)58-73(68,69)45-20-21-46(48(34-45)72(66,67)52(54,55)56)57-40(35-70-44-9-3-2-4-10-44)22-26-59-27-23-43(63)24-28-59/h2-5,7-10,12-21,33-34,40,43,57-58,63H,6,11,22-32,35H2,1H3/t40-/m1/s1. The number of sulfone groups is 2. The zero-order chi connectivity index (χ0) is 51.7. The molecular formula is C52H56ClF3N6O7S4. The fourth-order valence-electron chi connectivity index (χ4n) is 9.90. The van der Waals surface area contributed by atoms with Crippen molar-refractivity contribution in [3.8, 4) is 22.4 Å². The number of thioether (sulfide) groups is 1. The lowest BCUT2D eigenvalue weighted by Gasteiger charge is -2.37. The second-order valence-corrected chi connectivity index (χ2v) is 25.7. The van der Waals surface area contributed by atoms with E-state index in [1.807, 2.05) is 66.7 Å². The summed E-state index contributed by atoms with van der Waals surface area (Å²) in [5.74, 6) is 0.367. The Morgan fingerprint density at radius 2 is 1.42 bits per heavy atom. The molecule has 5 aromatic carbocycles. The number of benzene rings is 5. The van der Waals surface area contributed by atoms with E-state index in [1.165, 1.54) is 30.2 Å². The summed E-state index contributed by atoms with van der Waals surface area (Å²) in [5.41, 5.74) is -0.220. The van der Waals surface area contributed by atoms with Gasteiger partial charge < -0.3 is 29.7 Å². The first-order valence-corrected chi connectivity index (χ1v) is 30.2. The molecule has 0 spiro atoms. The van der Waals surface area contributed by atoms with Gasteiger partial charge in [0.1, 0.15) is 4.90 Å². The number of hydrogen-bond acceptors (Lipinski definition) is 12. The minimum absolute atomic E-state index is 0.118. The smallest absolute Gasteiger partial charge is 0.393 e. The van der Waals surface area contributed by atoms with Crippen molar-refractivity contribution in [3.05, 3.63) is 132 Å². The van der Waals surface area contributed by atoms with Crippen LogP contribution in [0.4, 0.5) is 35.9 Å². The van der Waals surface area contributed by atoms with Crippen molar-refractivity contribution < 1.29 is 43.5 Å². The largest absolute Gasteiger partial charge is 0.501 e. The van der Waals surface area contributed by atoms with Crippen LogP contribution in [0.15, 0.2) is 141 Å². The third kappa shape index (κ3) is 11.9. The molecule has 1 aromatic heterocycles. The maximum absolute atomic E-state index is 14.3. The number of aliphatic hydroxyl groups is 1. The molecule has 9 rings (SSSR count). The highest BCUT2D eigenvalue weighted by atomic mass is 35.5. The Balaban J connectivity index is 0.893. The summed E-state index contributed by atoms with van der Waals surface area (Å²) in [6, 6.07) is 33.5. The molecule has 3 aliphatic rings. The van der Waals surface area contributed by atoms with Crippen LogP contribution in [-0.2, 0) is 42.7 Å². The molecule has 6 aromatic rings. The topological polar surface area (TPSA) is 161 Å². The summed E-state index contributed by atoms with van der Waals surface area (Å²) < 4.78 is 128. The maximum atomic E-state index is 14.3. The number of alkyl halides is 3. The fourth-order valence-corrected chi connectivity index (χ4v) is 14.4. The number of hydrogen-bond donors (Lipinski definition) is 3. The number of aliphatic hydroxyl groups excluding tert-OH is 1. The number of halogens is 4. The van der Waals surface area contributed by atoms with E-state index < -0.39 is 51.0 Å². The van der Waals surface area contributed by atoms with Gasteiger partial charge in [0.2, 0.25) is 0 Å². The van der Waals surface area contributed by atoms with Crippen LogP contribution < -0.4 is 19.8 Å². The molecule has 2 fully saturated rings. The van der Waals surface area contributed by atoms with Crippen LogP contribution in [0, 0.1) is 0 Å². The van der Waals surface area contributed by atoms with Crippen molar-refractivity contribution in [1.82, 2.24) is 9.47 Å². The number of nitrogens with zero attached hydrogens (tertiary/aromatic N) is 4. The Morgan fingerprint density at radius 1 is 0.753 bits per heavy atom. The number of fused-ring (bicyclic) bond motifs is 1. The molecule has 1 atom stereocenters. The van der Waals surface area contributed by atoms with E-state index in [-0.39, 0.29) is 17.5 Å². The van der Waals surface area contributed by atoms with Crippen LogP contribution in [0.3, 0.4) is 0 Å². The van der Waals surface area contributed by atoms with E-state index >= 15 is 0 Å². The molecule has 2 saturated heterocycles. The maximum Gasteiger partial charge on any atom is 0.501 e. The second kappa shape index (κ2) is 21.6. The first-order valence-electron chi connectivity index (χ1n) is 24.0. The molecule has 0 saturated carbocycles. The summed E-state index contributed by atoms with van der Waals surface area (Å²) in [5, 5.41) is 13.6. The van der Waals surface area contributed by atoms with Crippen LogP contribution in [0.5, 0.6) is 0 Å². The molecule has 21 heteroatoms. The second-order valence-electron chi connectivity index (χ2n) is 18.6. The molecule has 388 valence electrons. The first-order chi connectivity index (χ1) is 34.7. The van der Waals surface area contributed by atoms with E-state index in [4.69, 9.17) is 11.6 Å². The van der Waals surface area contributed by atoms with Crippen molar-refractivity contribution in [1.29, 1.82) is 0 Å². The van der Waals surface area contributed by atoms with Gasteiger partial charge >= 0.3 is 5.51 Å². The monoisotopic (exact) mass is 1100 g/mol. The lowest BCUT2D eigenvalue weighted by molar-refractivity contribution is -0.0435. The van der Waals surface area contributed by atoms with Crippen molar-refractivity contribution in [3.63, 3.8) is 0 Å². The van der Waals surface area contributed by atoms with Crippen molar-refractivity contribution in [2.75, 3.05) is 77.7 Å². The lowest BCUT2D eigenvalue weighted by atomic mass is 9.99. The molecule has 0 aliphatic carbocycles. The molecule has 0 unspecified atom stereocenters. The molecule has 73 heavy (non-hydrogen) atoms. The quantitative estimate of drug-likeness (QED) is 0.0744. The molecule has 0 radical (unpaired) electrons. The number of anilines is 4. The zero-order valence-electron chi connectivity index (χ0n) is 39.9. The fraction of sp³-hybridized carbons (Fsp3) is 0.346. The number of rotatable bonds is 17. The minimum atomic E-state index is -6.03. The van der Waals surface area contributed by atoms with Gasteiger partial charge in [-0.15, -0.1) is 11.8 Å². The summed E-state index contributed by atoms with van der Waals surface area (Å²) >= 11 is 7.71. The van der Waals surface area contributed by atoms with E-state index in [2.05, 4.69) is 29.3 Å². The third-order valence-electron chi connectivity index (χ3n) is 13.6. The number of sulfonamides is 1. The Bertz CT molecular complexity index is 3280. The highest BCUT2D eigenvalue weighted by Gasteiger charge is 2.48. The van der Waals surface area contributed by atoms with Gasteiger partial charge in [-0.25, -0.2) is 25.3 Å². The highest BCUT2D eigenvalue weighted by Crippen LogP contribution is 2.45. The Morgan fingerprint density at radius 3 is 2.08 bits per heavy atom. The summed E-state index contributed by atoms with van der Waals surface area (Å²) in [6.45, 7) is 4.99.